The first-order valence-corrected chi connectivity index (χ1v) is 7.99. The van der Waals surface area contributed by atoms with E-state index in [9.17, 15) is 14.7 Å². The fourth-order valence-electron chi connectivity index (χ4n) is 4.75. The number of aliphatic hydroxyl groups is 1. The largest absolute Gasteiger partial charge is 0.458 e. The smallest absolute Gasteiger partial charge is 0.334 e. The highest BCUT2D eigenvalue weighted by molar-refractivity contribution is 5.91. The van der Waals surface area contributed by atoms with Crippen molar-refractivity contribution in [1.82, 2.24) is 0 Å². The second kappa shape index (κ2) is 4.47. The summed E-state index contributed by atoms with van der Waals surface area (Å²) in [5.74, 6) is -1.86. The third-order valence-electron chi connectivity index (χ3n) is 6.02. The Kier molecular flexibility index (Phi) is 2.95. The number of carbonyl (C=O) groups excluding carboxylic acids is 2. The third-order valence-corrected chi connectivity index (χ3v) is 6.02. The van der Waals surface area contributed by atoms with E-state index in [-0.39, 0.29) is 6.42 Å². The maximum absolute atomic E-state index is 12.0. The fraction of sp³-hybridized carbons (Fsp3) is 0.647. The second-order valence-corrected chi connectivity index (χ2v) is 7.41. The Labute approximate surface area is 139 Å². The van der Waals surface area contributed by atoms with E-state index in [0.717, 1.165) is 0 Å². The van der Waals surface area contributed by atoms with Crippen LogP contribution in [0.3, 0.4) is 0 Å². The molecule has 0 aromatic rings. The van der Waals surface area contributed by atoms with Crippen LogP contribution in [-0.4, -0.2) is 46.1 Å². The number of rotatable bonds is 1. The Hall–Kier alpha value is -1.70. The topological polar surface area (TPSA) is 91.3 Å². The molecule has 7 atom stereocenters. The molecule has 0 aromatic carbocycles. The number of hydrogen-bond acceptors (Lipinski definition) is 7. The van der Waals surface area contributed by atoms with Crippen LogP contribution >= 0.6 is 0 Å². The predicted molar refractivity (Wildman–Crippen MR) is 79.2 cm³/mol. The molecular weight excluding hydrogens is 316 g/mol. The van der Waals surface area contributed by atoms with Crippen molar-refractivity contribution >= 4 is 11.9 Å². The average Bonchev–Trinajstić information content (AvgIpc) is 3.04. The van der Waals surface area contributed by atoms with Gasteiger partial charge in [-0.25, -0.2) is 14.6 Å². The SMILES string of the molecule is C=C1C(=O)OC2C1CC(O)C(C)(OC(C)=O)C13C=CC(C)(OO1)C23. The van der Waals surface area contributed by atoms with Crippen molar-refractivity contribution in [3.63, 3.8) is 0 Å². The van der Waals surface area contributed by atoms with Crippen molar-refractivity contribution in [2.24, 2.45) is 11.8 Å². The van der Waals surface area contributed by atoms with Gasteiger partial charge in [-0.3, -0.25) is 4.79 Å². The number of ether oxygens (including phenoxy) is 2. The quantitative estimate of drug-likeness (QED) is 0.328. The lowest BCUT2D eigenvalue weighted by molar-refractivity contribution is -0.366. The van der Waals surface area contributed by atoms with Gasteiger partial charge < -0.3 is 14.6 Å². The van der Waals surface area contributed by atoms with Gasteiger partial charge in [-0.2, -0.15) is 0 Å². The molecule has 7 nitrogen and oxygen atoms in total. The van der Waals surface area contributed by atoms with Crippen LogP contribution in [0.1, 0.15) is 27.2 Å². The maximum Gasteiger partial charge on any atom is 0.334 e. The molecule has 1 saturated carbocycles. The fourth-order valence-corrected chi connectivity index (χ4v) is 4.75. The van der Waals surface area contributed by atoms with Gasteiger partial charge in [0.05, 0.1) is 12.0 Å². The lowest BCUT2D eigenvalue weighted by Crippen LogP contribution is -2.63. The number of aliphatic hydroxyl groups excluding tert-OH is 1. The van der Waals surface area contributed by atoms with Crippen LogP contribution in [0.4, 0.5) is 0 Å². The molecule has 2 aliphatic carbocycles. The zero-order valence-electron chi connectivity index (χ0n) is 13.8. The molecule has 2 saturated heterocycles. The van der Waals surface area contributed by atoms with Gasteiger partial charge in [0.15, 0.2) is 11.2 Å². The van der Waals surface area contributed by atoms with E-state index in [4.69, 9.17) is 19.2 Å². The molecule has 4 aliphatic rings. The van der Waals surface area contributed by atoms with E-state index in [2.05, 4.69) is 6.58 Å². The van der Waals surface area contributed by atoms with Crippen LogP contribution in [0.5, 0.6) is 0 Å². The van der Waals surface area contributed by atoms with E-state index >= 15 is 0 Å². The normalized spacial score (nSPS) is 51.8. The molecule has 2 heterocycles. The van der Waals surface area contributed by atoms with Crippen molar-refractivity contribution in [3.8, 4) is 0 Å². The molecule has 0 aromatic heterocycles. The monoisotopic (exact) mass is 336 g/mol. The summed E-state index contributed by atoms with van der Waals surface area (Å²) in [6.45, 7) is 8.54. The summed E-state index contributed by atoms with van der Waals surface area (Å²) >= 11 is 0. The molecule has 2 bridgehead atoms. The molecule has 1 N–H and O–H groups in total. The van der Waals surface area contributed by atoms with Gasteiger partial charge in [0, 0.05) is 18.4 Å². The summed E-state index contributed by atoms with van der Waals surface area (Å²) in [6.07, 6.45) is 2.10. The van der Waals surface area contributed by atoms with Crippen molar-refractivity contribution in [2.75, 3.05) is 0 Å². The molecule has 4 rings (SSSR count). The zero-order chi connectivity index (χ0) is 17.5. The Bertz CT molecular complexity index is 684. The Morgan fingerprint density at radius 3 is 2.67 bits per heavy atom. The third kappa shape index (κ3) is 1.62. The summed E-state index contributed by atoms with van der Waals surface area (Å²) in [5.41, 5.74) is -3.15. The van der Waals surface area contributed by atoms with Crippen LogP contribution in [-0.2, 0) is 28.8 Å². The van der Waals surface area contributed by atoms with E-state index in [1.807, 2.05) is 13.0 Å². The van der Waals surface area contributed by atoms with Gasteiger partial charge >= 0.3 is 11.9 Å². The number of carbonyl (C=O) groups is 2. The molecule has 2 aliphatic heterocycles. The van der Waals surface area contributed by atoms with Crippen LogP contribution < -0.4 is 0 Å². The summed E-state index contributed by atoms with van der Waals surface area (Å²) in [4.78, 5) is 34.9. The Balaban J connectivity index is 1.90. The van der Waals surface area contributed by atoms with Gasteiger partial charge in [-0.15, -0.1) is 0 Å². The summed E-state index contributed by atoms with van der Waals surface area (Å²) in [7, 11) is 0. The van der Waals surface area contributed by atoms with E-state index in [1.165, 1.54) is 6.92 Å². The summed E-state index contributed by atoms with van der Waals surface area (Å²) in [6, 6.07) is 0. The molecule has 7 unspecified atom stereocenters. The number of hydrogen-bond donors (Lipinski definition) is 1. The molecule has 0 radical (unpaired) electrons. The Morgan fingerprint density at radius 2 is 2.08 bits per heavy atom. The zero-order valence-corrected chi connectivity index (χ0v) is 13.8. The average molecular weight is 336 g/mol. The van der Waals surface area contributed by atoms with E-state index in [0.29, 0.717) is 5.57 Å². The van der Waals surface area contributed by atoms with Gasteiger partial charge in [0.1, 0.15) is 11.7 Å². The molecular formula is C17H20O7. The predicted octanol–water partition coefficient (Wildman–Crippen LogP) is 0.816. The lowest BCUT2D eigenvalue weighted by atomic mass is 9.70. The molecule has 3 fully saturated rings. The van der Waals surface area contributed by atoms with Gasteiger partial charge in [-0.1, -0.05) is 12.7 Å². The number of fused-ring (bicyclic) bond motifs is 1. The van der Waals surface area contributed by atoms with Gasteiger partial charge in [0.25, 0.3) is 0 Å². The van der Waals surface area contributed by atoms with Crippen LogP contribution in [0.25, 0.3) is 0 Å². The molecule has 24 heavy (non-hydrogen) atoms. The van der Waals surface area contributed by atoms with Crippen molar-refractivity contribution in [1.29, 1.82) is 0 Å². The minimum Gasteiger partial charge on any atom is -0.458 e. The van der Waals surface area contributed by atoms with Crippen molar-refractivity contribution in [2.45, 2.75) is 56.2 Å². The van der Waals surface area contributed by atoms with E-state index in [1.54, 1.807) is 13.0 Å². The lowest BCUT2D eigenvalue weighted by Gasteiger charge is -2.44. The van der Waals surface area contributed by atoms with Crippen molar-refractivity contribution < 1.29 is 33.9 Å². The first kappa shape index (κ1) is 15.8. The number of esters is 2. The second-order valence-electron chi connectivity index (χ2n) is 7.41. The highest BCUT2D eigenvalue weighted by Crippen LogP contribution is 2.62. The summed E-state index contributed by atoms with van der Waals surface area (Å²) in [5, 5.41) is 10.9. The van der Waals surface area contributed by atoms with Crippen LogP contribution in [0.2, 0.25) is 0 Å². The maximum atomic E-state index is 12.0. The molecule has 0 amide bonds. The van der Waals surface area contributed by atoms with E-state index < -0.39 is 52.8 Å². The van der Waals surface area contributed by atoms with Gasteiger partial charge in [0.2, 0.25) is 0 Å². The molecule has 7 heteroatoms. The van der Waals surface area contributed by atoms with Crippen LogP contribution in [0.15, 0.2) is 24.3 Å². The standard InChI is InChI=1S/C17H20O7/c1-8-10-7-11(19)16(4,22-9(2)18)17-6-5-15(3,23-24-17)13(17)12(10)21-14(8)20/h5-6,10-13,19H,1,7H2,2-4H3. The minimum absolute atomic E-state index is 0.185. The molecule has 0 spiro atoms. The first-order chi connectivity index (χ1) is 11.1. The highest BCUT2D eigenvalue weighted by Gasteiger charge is 2.77. The molecule has 130 valence electrons. The first-order valence-electron chi connectivity index (χ1n) is 7.99. The Morgan fingerprint density at radius 1 is 1.38 bits per heavy atom. The van der Waals surface area contributed by atoms with Gasteiger partial charge in [-0.05, 0) is 26.3 Å². The van der Waals surface area contributed by atoms with Crippen LogP contribution in [0, 0.1) is 11.8 Å². The highest BCUT2D eigenvalue weighted by atomic mass is 17.2. The van der Waals surface area contributed by atoms with Crippen molar-refractivity contribution in [3.05, 3.63) is 24.3 Å². The minimum atomic E-state index is -1.38. The summed E-state index contributed by atoms with van der Waals surface area (Å²) < 4.78 is 11.1.